The molecule has 36 heavy (non-hydrogen) atoms. The molecule has 0 heterocycles. The minimum Gasteiger partial charge on any atom is -0.466 e. The minimum atomic E-state index is -0.953. The highest BCUT2D eigenvalue weighted by Gasteiger charge is 2.37. The quantitative estimate of drug-likeness (QED) is 0.442. The molecule has 0 fully saturated rings. The molecule has 2 atom stereocenters. The van der Waals surface area contributed by atoms with Gasteiger partial charge in [0.2, 0.25) is 11.8 Å². The van der Waals surface area contributed by atoms with Crippen LogP contribution in [0.2, 0.25) is 0 Å². The maximum absolute atomic E-state index is 13.8. The van der Waals surface area contributed by atoms with Crippen LogP contribution < -0.4 is 10.6 Å². The van der Waals surface area contributed by atoms with E-state index in [1.54, 1.807) is 34.6 Å². The highest BCUT2D eigenvalue weighted by atomic mass is 16.6. The Bertz CT molecular complexity index is 923. The third-order valence-corrected chi connectivity index (χ3v) is 5.45. The lowest BCUT2D eigenvalue weighted by atomic mass is 9.95. The van der Waals surface area contributed by atoms with Gasteiger partial charge in [0.05, 0.1) is 13.0 Å². The molecule has 0 aromatic heterocycles. The first kappa shape index (κ1) is 30.9. The van der Waals surface area contributed by atoms with E-state index in [-0.39, 0.29) is 32.0 Å². The van der Waals surface area contributed by atoms with Crippen LogP contribution in [0.3, 0.4) is 0 Å². The molecular formula is C27H43N3O6. The van der Waals surface area contributed by atoms with Gasteiger partial charge in [-0.25, -0.2) is 4.79 Å². The minimum absolute atomic E-state index is 0.0218. The van der Waals surface area contributed by atoms with Crippen LogP contribution in [-0.4, -0.2) is 60.1 Å². The Morgan fingerprint density at radius 2 is 1.69 bits per heavy atom. The van der Waals surface area contributed by atoms with Crippen molar-refractivity contribution in [2.24, 2.45) is 5.92 Å². The summed E-state index contributed by atoms with van der Waals surface area (Å²) in [6.45, 7) is 16.7. The number of hydrogen-bond acceptors (Lipinski definition) is 6. The first-order chi connectivity index (χ1) is 16.7. The van der Waals surface area contributed by atoms with Gasteiger partial charge in [-0.15, -0.1) is 0 Å². The molecular weight excluding hydrogens is 462 g/mol. The second-order valence-electron chi connectivity index (χ2n) is 10.1. The Labute approximate surface area is 215 Å². The third kappa shape index (κ3) is 9.51. The van der Waals surface area contributed by atoms with Gasteiger partial charge in [0, 0.05) is 13.1 Å². The van der Waals surface area contributed by atoms with Crippen LogP contribution in [0.5, 0.6) is 0 Å². The van der Waals surface area contributed by atoms with Crippen molar-refractivity contribution in [1.82, 2.24) is 15.5 Å². The molecule has 1 aromatic rings. The highest BCUT2D eigenvalue weighted by Crippen LogP contribution is 2.27. The van der Waals surface area contributed by atoms with E-state index >= 15 is 0 Å². The SMILES string of the molecule is CCOC(=O)CCNC(=O)C(c1cc(C)ccc1C)N(CC)C(=O)C(NC(=O)OC(C)(C)C)C(C)C. The Hall–Kier alpha value is -3.10. The monoisotopic (exact) mass is 505 g/mol. The lowest BCUT2D eigenvalue weighted by Gasteiger charge is -2.35. The summed E-state index contributed by atoms with van der Waals surface area (Å²) >= 11 is 0. The van der Waals surface area contributed by atoms with E-state index < -0.39 is 41.6 Å². The largest absolute Gasteiger partial charge is 0.466 e. The number of aryl methyl sites for hydroxylation is 2. The molecule has 0 radical (unpaired) electrons. The second-order valence-corrected chi connectivity index (χ2v) is 10.1. The normalized spacial score (nSPS) is 12.9. The van der Waals surface area contributed by atoms with Gasteiger partial charge in [0.1, 0.15) is 17.7 Å². The predicted octanol–water partition coefficient (Wildman–Crippen LogP) is 3.81. The van der Waals surface area contributed by atoms with E-state index in [0.29, 0.717) is 5.56 Å². The van der Waals surface area contributed by atoms with Crippen LogP contribution in [-0.2, 0) is 23.9 Å². The summed E-state index contributed by atoms with van der Waals surface area (Å²) in [5, 5.41) is 5.47. The van der Waals surface area contributed by atoms with Crippen molar-refractivity contribution in [2.45, 2.75) is 86.4 Å². The maximum atomic E-state index is 13.8. The lowest BCUT2D eigenvalue weighted by Crippen LogP contribution is -2.55. The summed E-state index contributed by atoms with van der Waals surface area (Å²) in [7, 11) is 0. The zero-order chi connectivity index (χ0) is 27.6. The van der Waals surface area contributed by atoms with Gasteiger partial charge in [-0.2, -0.15) is 0 Å². The smallest absolute Gasteiger partial charge is 0.408 e. The standard InChI is InChI=1S/C27H43N3O6/c1-10-30(25(33)22(17(3)4)29-26(34)36-27(7,8)9)23(20-16-18(5)12-13-19(20)6)24(32)28-15-14-21(31)35-11-2/h12-13,16-17,22-23H,10-11,14-15H2,1-9H3,(H,28,32)(H,29,34). The third-order valence-electron chi connectivity index (χ3n) is 5.45. The fourth-order valence-corrected chi connectivity index (χ4v) is 3.72. The molecule has 0 bridgehead atoms. The van der Waals surface area contributed by atoms with E-state index in [2.05, 4.69) is 10.6 Å². The molecule has 0 spiro atoms. The van der Waals surface area contributed by atoms with E-state index in [1.165, 1.54) is 4.90 Å². The summed E-state index contributed by atoms with van der Waals surface area (Å²) in [4.78, 5) is 53.0. The number of hydrogen-bond donors (Lipinski definition) is 2. The van der Waals surface area contributed by atoms with Crippen molar-refractivity contribution in [2.75, 3.05) is 19.7 Å². The molecule has 0 aliphatic carbocycles. The van der Waals surface area contributed by atoms with Gasteiger partial charge in [0.15, 0.2) is 0 Å². The van der Waals surface area contributed by atoms with Gasteiger partial charge < -0.3 is 25.0 Å². The average Bonchev–Trinajstić information content (AvgIpc) is 2.75. The first-order valence-corrected chi connectivity index (χ1v) is 12.5. The van der Waals surface area contributed by atoms with Crippen LogP contribution >= 0.6 is 0 Å². The molecule has 9 nitrogen and oxygen atoms in total. The average molecular weight is 506 g/mol. The Morgan fingerprint density at radius 3 is 2.22 bits per heavy atom. The maximum Gasteiger partial charge on any atom is 0.408 e. The van der Waals surface area contributed by atoms with E-state index in [0.717, 1.165) is 11.1 Å². The van der Waals surface area contributed by atoms with Crippen molar-refractivity contribution in [3.05, 3.63) is 34.9 Å². The topological polar surface area (TPSA) is 114 Å². The number of ether oxygens (including phenoxy) is 2. The molecule has 0 saturated carbocycles. The number of nitrogens with one attached hydrogen (secondary N) is 2. The van der Waals surface area contributed by atoms with Gasteiger partial charge in [-0.3, -0.25) is 14.4 Å². The Morgan fingerprint density at radius 1 is 1.06 bits per heavy atom. The number of amides is 3. The number of rotatable bonds is 11. The molecule has 0 saturated heterocycles. The van der Waals surface area contributed by atoms with Gasteiger partial charge in [0.25, 0.3) is 0 Å². The van der Waals surface area contributed by atoms with Crippen molar-refractivity contribution >= 4 is 23.9 Å². The summed E-state index contributed by atoms with van der Waals surface area (Å²) in [5.41, 5.74) is 1.74. The van der Waals surface area contributed by atoms with Crippen molar-refractivity contribution in [3.63, 3.8) is 0 Å². The predicted molar refractivity (Wildman–Crippen MR) is 138 cm³/mol. The summed E-state index contributed by atoms with van der Waals surface area (Å²) in [6, 6.07) is 3.87. The number of likely N-dealkylation sites (N-methyl/N-ethyl adjacent to an activating group) is 1. The van der Waals surface area contributed by atoms with Crippen molar-refractivity contribution in [1.29, 1.82) is 0 Å². The first-order valence-electron chi connectivity index (χ1n) is 12.5. The van der Waals surface area contributed by atoms with Crippen molar-refractivity contribution < 1.29 is 28.7 Å². The Kier molecular flexibility index (Phi) is 11.9. The van der Waals surface area contributed by atoms with Gasteiger partial charge >= 0.3 is 12.1 Å². The van der Waals surface area contributed by atoms with Gasteiger partial charge in [-0.1, -0.05) is 37.6 Å². The summed E-state index contributed by atoms with van der Waals surface area (Å²) in [6.07, 6.45) is -0.679. The summed E-state index contributed by atoms with van der Waals surface area (Å²) < 4.78 is 10.3. The second kappa shape index (κ2) is 13.8. The zero-order valence-electron chi connectivity index (χ0n) is 23.2. The number of benzene rings is 1. The molecule has 3 amide bonds. The molecule has 0 aliphatic rings. The number of carbonyl (C=O) groups excluding carboxylic acids is 4. The number of esters is 1. The van der Waals surface area contributed by atoms with E-state index in [9.17, 15) is 19.2 Å². The molecule has 1 rings (SSSR count). The number of nitrogens with zero attached hydrogens (tertiary/aromatic N) is 1. The molecule has 0 aliphatic heterocycles. The highest BCUT2D eigenvalue weighted by molar-refractivity contribution is 5.92. The molecule has 2 N–H and O–H groups in total. The van der Waals surface area contributed by atoms with Crippen LogP contribution in [0.4, 0.5) is 4.79 Å². The fraction of sp³-hybridized carbons (Fsp3) is 0.630. The molecule has 2 unspecified atom stereocenters. The van der Waals surface area contributed by atoms with Crippen LogP contribution in [0.1, 0.15) is 77.6 Å². The molecule has 9 heteroatoms. The zero-order valence-corrected chi connectivity index (χ0v) is 23.2. The lowest BCUT2D eigenvalue weighted by molar-refractivity contribution is -0.144. The van der Waals surface area contributed by atoms with Crippen molar-refractivity contribution in [3.8, 4) is 0 Å². The van der Waals surface area contributed by atoms with E-state index in [1.807, 2.05) is 45.9 Å². The fourth-order valence-electron chi connectivity index (χ4n) is 3.72. The number of carbonyl (C=O) groups is 4. The molecule has 202 valence electrons. The van der Waals surface area contributed by atoms with Crippen LogP contribution in [0, 0.1) is 19.8 Å². The van der Waals surface area contributed by atoms with E-state index in [4.69, 9.17) is 9.47 Å². The van der Waals surface area contributed by atoms with Crippen LogP contribution in [0.15, 0.2) is 18.2 Å². The summed E-state index contributed by atoms with van der Waals surface area (Å²) in [5.74, 6) is -1.48. The van der Waals surface area contributed by atoms with Gasteiger partial charge in [-0.05, 0) is 65.5 Å². The molecule has 1 aromatic carbocycles. The number of alkyl carbamates (subject to hydrolysis) is 1. The van der Waals surface area contributed by atoms with Crippen LogP contribution in [0.25, 0.3) is 0 Å². The Balaban J connectivity index is 3.33.